The highest BCUT2D eigenvalue weighted by Crippen LogP contribution is 2.25. The Bertz CT molecular complexity index is 1310. The van der Waals surface area contributed by atoms with Crippen LogP contribution in [0.5, 0.6) is 0 Å². The number of nitrogens with two attached hydrogens (primary N) is 2. The van der Waals surface area contributed by atoms with E-state index in [0.717, 1.165) is 24.0 Å². The van der Waals surface area contributed by atoms with E-state index in [-0.39, 0.29) is 42.3 Å². The van der Waals surface area contributed by atoms with E-state index in [1.165, 1.54) is 4.57 Å². The van der Waals surface area contributed by atoms with Gasteiger partial charge in [-0.2, -0.15) is 0 Å². The largest absolute Gasteiger partial charge is 0.399 e. The summed E-state index contributed by atoms with van der Waals surface area (Å²) in [6.07, 6.45) is 3.57. The van der Waals surface area contributed by atoms with Crippen LogP contribution in [0.3, 0.4) is 0 Å². The van der Waals surface area contributed by atoms with Gasteiger partial charge in [-0.05, 0) is 49.1 Å². The molecule has 4 rings (SSSR count). The van der Waals surface area contributed by atoms with Crippen LogP contribution < -0.4 is 27.7 Å². The molecule has 0 atom stereocenters. The Morgan fingerprint density at radius 1 is 1.19 bits per heavy atom. The molecule has 0 bridgehead atoms. The average Bonchev–Trinajstić information content (AvgIpc) is 3.68. The zero-order valence-corrected chi connectivity index (χ0v) is 20.2. The average molecular weight is 490 g/mol. The molecule has 7 N–H and O–H groups in total. The molecule has 188 valence electrons. The molecule has 1 heterocycles. The first-order valence-electron chi connectivity index (χ1n) is 11.9. The molecule has 10 heteroatoms. The monoisotopic (exact) mass is 489 g/mol. The van der Waals surface area contributed by atoms with Gasteiger partial charge in [0.2, 0.25) is 5.91 Å². The Morgan fingerprint density at radius 3 is 2.61 bits per heavy atom. The van der Waals surface area contributed by atoms with E-state index >= 15 is 0 Å². The molecule has 0 saturated heterocycles. The van der Waals surface area contributed by atoms with Crippen LogP contribution in [0, 0.1) is 5.41 Å². The summed E-state index contributed by atoms with van der Waals surface area (Å²) < 4.78 is 6.94. The van der Waals surface area contributed by atoms with Gasteiger partial charge in [-0.1, -0.05) is 24.3 Å². The van der Waals surface area contributed by atoms with Crippen LogP contribution in [0.1, 0.15) is 36.5 Å². The zero-order chi connectivity index (χ0) is 25.7. The van der Waals surface area contributed by atoms with E-state index in [0.29, 0.717) is 35.7 Å². The molecule has 1 fully saturated rings. The van der Waals surface area contributed by atoms with E-state index in [2.05, 4.69) is 15.6 Å². The third-order valence-corrected chi connectivity index (χ3v) is 5.81. The van der Waals surface area contributed by atoms with Gasteiger partial charge >= 0.3 is 0 Å². The van der Waals surface area contributed by atoms with Gasteiger partial charge < -0.3 is 26.8 Å². The van der Waals surface area contributed by atoms with Crippen LogP contribution in [0.4, 0.5) is 11.5 Å². The van der Waals surface area contributed by atoms with Gasteiger partial charge in [0.25, 0.3) is 5.56 Å². The lowest BCUT2D eigenvalue weighted by atomic mass is 10.1. The van der Waals surface area contributed by atoms with Gasteiger partial charge in [0, 0.05) is 36.0 Å². The number of hydrogen-bond acceptors (Lipinski definition) is 7. The third-order valence-electron chi connectivity index (χ3n) is 5.81. The van der Waals surface area contributed by atoms with Crippen LogP contribution in [0.15, 0.2) is 53.5 Å². The Labute approximate surface area is 209 Å². The summed E-state index contributed by atoms with van der Waals surface area (Å²) >= 11 is 0. The molecule has 1 aromatic heterocycles. The maximum absolute atomic E-state index is 13.3. The molecule has 1 aliphatic carbocycles. The third kappa shape index (κ3) is 6.28. The normalized spacial score (nSPS) is 12.8. The van der Waals surface area contributed by atoms with E-state index < -0.39 is 0 Å². The molecular weight excluding hydrogens is 458 g/mol. The molecule has 3 aromatic rings. The summed E-state index contributed by atoms with van der Waals surface area (Å²) in [7, 11) is 0. The fraction of sp³-hybridized carbons (Fsp3) is 0.308. The van der Waals surface area contributed by atoms with Crippen molar-refractivity contribution in [2.24, 2.45) is 5.73 Å². The number of anilines is 2. The van der Waals surface area contributed by atoms with Crippen molar-refractivity contribution in [1.82, 2.24) is 14.9 Å². The summed E-state index contributed by atoms with van der Waals surface area (Å²) in [6, 6.07) is 12.8. The van der Waals surface area contributed by atoms with E-state index in [1.54, 1.807) is 36.5 Å². The Balaban J connectivity index is 1.59. The van der Waals surface area contributed by atoms with Crippen molar-refractivity contribution in [3.63, 3.8) is 0 Å². The molecule has 0 unspecified atom stereocenters. The Morgan fingerprint density at radius 2 is 1.94 bits per heavy atom. The molecule has 36 heavy (non-hydrogen) atoms. The number of ether oxygens (including phenoxy) is 1. The number of nitrogen functional groups attached to an aromatic ring is 2. The van der Waals surface area contributed by atoms with Crippen molar-refractivity contribution >= 4 is 23.2 Å². The number of rotatable bonds is 11. The quantitative estimate of drug-likeness (QED) is 0.157. The van der Waals surface area contributed by atoms with Crippen LogP contribution >= 0.6 is 0 Å². The number of carbonyl (C=O) groups excluding carboxylic acids is 1. The molecular formula is C26H31N7O3. The maximum Gasteiger partial charge on any atom is 0.294 e. The summed E-state index contributed by atoms with van der Waals surface area (Å²) in [4.78, 5) is 30.6. The predicted octanol–water partition coefficient (Wildman–Crippen LogP) is 2.20. The lowest BCUT2D eigenvalue weighted by Crippen LogP contribution is -2.34. The number of carbonyl (C=O) groups is 1. The Kier molecular flexibility index (Phi) is 7.65. The number of benzene rings is 2. The van der Waals surface area contributed by atoms with Gasteiger partial charge in [-0.3, -0.25) is 19.6 Å². The molecule has 0 radical (unpaired) electrons. The molecule has 0 spiro atoms. The predicted molar refractivity (Wildman–Crippen MR) is 140 cm³/mol. The topological polar surface area (TPSA) is 161 Å². The number of hydrogen-bond donors (Lipinski definition) is 5. The maximum atomic E-state index is 13.3. The zero-order valence-electron chi connectivity index (χ0n) is 20.2. The van der Waals surface area contributed by atoms with Crippen molar-refractivity contribution in [3.8, 4) is 11.3 Å². The second kappa shape index (κ2) is 11.0. The van der Waals surface area contributed by atoms with Gasteiger partial charge in [-0.25, -0.2) is 4.98 Å². The van der Waals surface area contributed by atoms with E-state index in [4.69, 9.17) is 21.6 Å². The minimum Gasteiger partial charge on any atom is -0.399 e. The highest BCUT2D eigenvalue weighted by atomic mass is 16.5. The second-order valence-corrected chi connectivity index (χ2v) is 8.79. The van der Waals surface area contributed by atoms with Crippen LogP contribution in [-0.2, 0) is 29.2 Å². The first kappa shape index (κ1) is 24.9. The molecule has 0 aliphatic heterocycles. The van der Waals surface area contributed by atoms with Gasteiger partial charge in [0.05, 0.1) is 18.5 Å². The summed E-state index contributed by atoms with van der Waals surface area (Å²) in [5.41, 5.74) is 15.3. The number of aromatic nitrogens is 2. The van der Waals surface area contributed by atoms with E-state index in [1.807, 2.05) is 19.1 Å². The lowest BCUT2D eigenvalue weighted by molar-refractivity contribution is -0.121. The number of amides is 1. The minimum atomic E-state index is -0.367. The smallest absolute Gasteiger partial charge is 0.294 e. The van der Waals surface area contributed by atoms with Crippen molar-refractivity contribution in [2.45, 2.75) is 45.5 Å². The van der Waals surface area contributed by atoms with Crippen molar-refractivity contribution in [3.05, 3.63) is 75.7 Å². The van der Waals surface area contributed by atoms with Crippen molar-refractivity contribution in [2.75, 3.05) is 17.7 Å². The number of nitrogens with zero attached hydrogens (tertiary/aromatic N) is 2. The van der Waals surface area contributed by atoms with E-state index in [9.17, 15) is 9.59 Å². The molecule has 10 nitrogen and oxygen atoms in total. The van der Waals surface area contributed by atoms with Crippen LogP contribution in [0.2, 0.25) is 0 Å². The van der Waals surface area contributed by atoms with Gasteiger partial charge in [0.1, 0.15) is 12.4 Å². The second-order valence-electron chi connectivity index (χ2n) is 8.79. The standard InChI is InChI=1S/C26H31N7O3/c1-2-36-15-17-9-19(11-20(27)10-17)22-13-31-25(32-21-7-8-21)26(35)33(22)14-23(34)30-12-16-3-5-18(6-4-16)24(28)29/h3-6,9-11,13,21H,2,7-8,12,14-15,27H2,1H3,(H3,28,29)(H,30,34)(H,31,32). The van der Waals surface area contributed by atoms with Gasteiger partial charge in [0.15, 0.2) is 5.82 Å². The highest BCUT2D eigenvalue weighted by molar-refractivity contribution is 5.94. The molecule has 2 aromatic carbocycles. The van der Waals surface area contributed by atoms with Crippen molar-refractivity contribution < 1.29 is 9.53 Å². The first-order valence-corrected chi connectivity index (χ1v) is 11.9. The van der Waals surface area contributed by atoms with Crippen molar-refractivity contribution in [1.29, 1.82) is 5.41 Å². The molecule has 1 amide bonds. The summed E-state index contributed by atoms with van der Waals surface area (Å²) in [5, 5.41) is 13.5. The van der Waals surface area contributed by atoms with Gasteiger partial charge in [-0.15, -0.1) is 0 Å². The molecule has 1 saturated carbocycles. The van der Waals surface area contributed by atoms with Crippen LogP contribution in [-0.4, -0.2) is 33.9 Å². The molecule has 1 aliphatic rings. The summed E-state index contributed by atoms with van der Waals surface area (Å²) in [5.74, 6) is -0.111. The lowest BCUT2D eigenvalue weighted by Gasteiger charge is -2.16. The SMILES string of the molecule is CCOCc1cc(N)cc(-c2cnc(NC3CC3)c(=O)n2CC(=O)NCc2ccc(C(=N)N)cc2)c1. The number of amidine groups is 1. The first-order chi connectivity index (χ1) is 17.3. The number of nitrogens with one attached hydrogen (secondary N) is 3. The summed E-state index contributed by atoms with van der Waals surface area (Å²) in [6.45, 7) is 2.95. The minimum absolute atomic E-state index is 0.0169. The fourth-order valence-corrected chi connectivity index (χ4v) is 3.77. The fourth-order valence-electron chi connectivity index (χ4n) is 3.77. The Hall–Kier alpha value is -4.18. The van der Waals surface area contributed by atoms with Crippen LogP contribution in [0.25, 0.3) is 11.3 Å². The highest BCUT2D eigenvalue weighted by Gasteiger charge is 2.24.